The van der Waals surface area contributed by atoms with E-state index in [1.807, 2.05) is 108 Å². The van der Waals surface area contributed by atoms with E-state index in [1.165, 1.54) is 0 Å². The number of esters is 1. The van der Waals surface area contributed by atoms with Crippen molar-refractivity contribution in [1.82, 2.24) is 19.3 Å². The fourth-order valence-electron chi connectivity index (χ4n) is 6.11. The Bertz CT molecular complexity index is 1560. The highest BCUT2D eigenvalue weighted by molar-refractivity contribution is 6.01. The lowest BCUT2D eigenvalue weighted by Crippen LogP contribution is -2.61. The number of hydrogen-bond donors (Lipinski definition) is 0. The van der Waals surface area contributed by atoms with Gasteiger partial charge in [-0.2, -0.15) is 0 Å². The Morgan fingerprint density at radius 1 is 0.938 bits per heavy atom. The smallest absolute Gasteiger partial charge is 0.410 e. The first kappa shape index (κ1) is 36.2. The standard InChI is InChI=1S/C38H50N4O6/c1-8-47-34(44)21-15-20-33(43)41(27(2)3)26-31-25-39(37(46)48-38(5,6)7)22-23-40(31)36(45)32-24-28(4)42(30-18-13-10-14-19-30)35(32)29-16-11-9-12-17-29/h9-14,16-19,24,27,31H,8,15,20-23,25-26H2,1-7H3/t31-/m0/s1. The minimum atomic E-state index is -0.680. The number of rotatable bonds is 11. The average Bonchev–Trinajstić information content (AvgIpc) is 3.40. The molecule has 1 fully saturated rings. The lowest BCUT2D eigenvalue weighted by Gasteiger charge is -2.44. The summed E-state index contributed by atoms with van der Waals surface area (Å²) in [5.41, 5.74) is 3.42. The maximum absolute atomic E-state index is 14.8. The summed E-state index contributed by atoms with van der Waals surface area (Å²) in [6.45, 7) is 14.4. The van der Waals surface area contributed by atoms with Gasteiger partial charge in [-0.1, -0.05) is 48.5 Å². The SMILES string of the molecule is CCOC(=O)CCCC(=O)N(C[C@@H]1CN(C(=O)OC(C)(C)C)CCN1C(=O)c1cc(C)n(-c2ccccc2)c1-c1ccccc1)C(C)C. The summed E-state index contributed by atoms with van der Waals surface area (Å²) >= 11 is 0. The van der Waals surface area contributed by atoms with Crippen LogP contribution >= 0.6 is 0 Å². The van der Waals surface area contributed by atoms with Gasteiger partial charge in [-0.15, -0.1) is 0 Å². The molecule has 1 aliphatic heterocycles. The van der Waals surface area contributed by atoms with Crippen LogP contribution in [0, 0.1) is 6.92 Å². The number of aryl methyl sites for hydroxylation is 1. The molecule has 4 rings (SSSR count). The fourth-order valence-corrected chi connectivity index (χ4v) is 6.11. The van der Waals surface area contributed by atoms with Crippen molar-refractivity contribution in [3.05, 3.63) is 78.0 Å². The van der Waals surface area contributed by atoms with Gasteiger partial charge in [0.15, 0.2) is 0 Å². The maximum Gasteiger partial charge on any atom is 0.410 e. The highest BCUT2D eigenvalue weighted by Gasteiger charge is 2.38. The van der Waals surface area contributed by atoms with Crippen molar-refractivity contribution in [2.45, 2.75) is 85.4 Å². The first-order valence-electron chi connectivity index (χ1n) is 16.9. The van der Waals surface area contributed by atoms with Crippen molar-refractivity contribution in [3.8, 4) is 16.9 Å². The predicted molar refractivity (Wildman–Crippen MR) is 186 cm³/mol. The van der Waals surface area contributed by atoms with Crippen molar-refractivity contribution in [2.75, 3.05) is 32.8 Å². The second-order valence-electron chi connectivity index (χ2n) is 13.5. The molecule has 3 aromatic rings. The Balaban J connectivity index is 1.70. The van der Waals surface area contributed by atoms with Crippen LogP contribution in [-0.2, 0) is 19.1 Å². The molecule has 1 atom stereocenters. The zero-order valence-corrected chi connectivity index (χ0v) is 29.4. The third kappa shape index (κ3) is 9.05. The van der Waals surface area contributed by atoms with E-state index >= 15 is 0 Å². The van der Waals surface area contributed by atoms with Gasteiger partial charge in [0, 0.05) is 56.4 Å². The van der Waals surface area contributed by atoms with E-state index in [9.17, 15) is 19.2 Å². The van der Waals surface area contributed by atoms with Crippen molar-refractivity contribution in [2.24, 2.45) is 0 Å². The Labute approximate surface area is 284 Å². The molecule has 0 unspecified atom stereocenters. The number of hydrogen-bond acceptors (Lipinski definition) is 6. The summed E-state index contributed by atoms with van der Waals surface area (Å²) in [5.74, 6) is -0.614. The molecule has 10 heteroatoms. The van der Waals surface area contributed by atoms with Crippen molar-refractivity contribution in [3.63, 3.8) is 0 Å². The highest BCUT2D eigenvalue weighted by Crippen LogP contribution is 2.33. The largest absolute Gasteiger partial charge is 0.466 e. The zero-order valence-electron chi connectivity index (χ0n) is 29.4. The van der Waals surface area contributed by atoms with Crippen molar-refractivity contribution in [1.29, 1.82) is 0 Å². The molecule has 0 radical (unpaired) electrons. The molecular weight excluding hydrogens is 608 g/mol. The summed E-state index contributed by atoms with van der Waals surface area (Å²) in [7, 11) is 0. The topological polar surface area (TPSA) is 101 Å². The molecular formula is C38H50N4O6. The van der Waals surface area contributed by atoms with Crippen molar-refractivity contribution >= 4 is 23.9 Å². The summed E-state index contributed by atoms with van der Waals surface area (Å²) in [6, 6.07) is 21.1. The van der Waals surface area contributed by atoms with Crippen LogP contribution in [-0.4, -0.2) is 93.6 Å². The van der Waals surface area contributed by atoms with Gasteiger partial charge >= 0.3 is 12.1 Å². The first-order chi connectivity index (χ1) is 22.8. The van der Waals surface area contributed by atoms with Gasteiger partial charge in [0.05, 0.1) is 23.9 Å². The van der Waals surface area contributed by atoms with E-state index in [4.69, 9.17) is 9.47 Å². The Hall–Kier alpha value is -4.60. The van der Waals surface area contributed by atoms with E-state index in [0.29, 0.717) is 25.1 Å². The van der Waals surface area contributed by atoms with Gasteiger partial charge in [-0.25, -0.2) is 4.79 Å². The van der Waals surface area contributed by atoms with Gasteiger partial charge in [0.25, 0.3) is 5.91 Å². The van der Waals surface area contributed by atoms with E-state index in [1.54, 1.807) is 21.6 Å². The molecule has 0 spiro atoms. The minimum Gasteiger partial charge on any atom is -0.466 e. The van der Waals surface area contributed by atoms with E-state index in [2.05, 4.69) is 4.57 Å². The van der Waals surface area contributed by atoms with Crippen LogP contribution in [0.3, 0.4) is 0 Å². The van der Waals surface area contributed by atoms with Crippen LogP contribution in [0.15, 0.2) is 66.7 Å². The van der Waals surface area contributed by atoms with Gasteiger partial charge in [-0.05, 0) is 78.6 Å². The normalized spacial score (nSPS) is 15.0. The molecule has 1 aromatic heterocycles. The Kier molecular flexibility index (Phi) is 12.1. The monoisotopic (exact) mass is 658 g/mol. The summed E-state index contributed by atoms with van der Waals surface area (Å²) in [6.07, 6.45) is 0.245. The summed E-state index contributed by atoms with van der Waals surface area (Å²) in [5, 5.41) is 0. The lowest BCUT2D eigenvalue weighted by atomic mass is 10.0. The minimum absolute atomic E-state index is 0.118. The van der Waals surface area contributed by atoms with Gasteiger partial charge in [0.2, 0.25) is 5.91 Å². The third-order valence-corrected chi connectivity index (χ3v) is 8.30. The van der Waals surface area contributed by atoms with Crippen LogP contribution in [0.2, 0.25) is 0 Å². The number of amides is 3. The number of aromatic nitrogens is 1. The van der Waals surface area contributed by atoms with E-state index in [0.717, 1.165) is 22.6 Å². The second kappa shape index (κ2) is 16.0. The molecule has 1 aliphatic rings. The van der Waals surface area contributed by atoms with E-state index in [-0.39, 0.29) is 56.3 Å². The quantitative estimate of drug-likeness (QED) is 0.219. The lowest BCUT2D eigenvalue weighted by molar-refractivity contribution is -0.143. The number of nitrogens with zero attached hydrogens (tertiary/aromatic N) is 4. The first-order valence-corrected chi connectivity index (χ1v) is 16.9. The van der Waals surface area contributed by atoms with Crippen LogP contribution in [0.25, 0.3) is 16.9 Å². The number of carbonyl (C=O) groups excluding carboxylic acids is 4. The number of ether oxygens (including phenoxy) is 2. The van der Waals surface area contributed by atoms with Crippen LogP contribution in [0.5, 0.6) is 0 Å². The molecule has 2 heterocycles. The van der Waals surface area contributed by atoms with Crippen LogP contribution < -0.4 is 0 Å². The van der Waals surface area contributed by atoms with Gasteiger partial charge in [0.1, 0.15) is 5.60 Å². The summed E-state index contributed by atoms with van der Waals surface area (Å²) < 4.78 is 12.8. The number of para-hydroxylation sites is 1. The maximum atomic E-state index is 14.8. The van der Waals surface area contributed by atoms with Crippen LogP contribution in [0.1, 0.15) is 76.9 Å². The van der Waals surface area contributed by atoms with Crippen molar-refractivity contribution < 1.29 is 28.7 Å². The van der Waals surface area contributed by atoms with Gasteiger partial charge in [-0.3, -0.25) is 14.4 Å². The third-order valence-electron chi connectivity index (χ3n) is 8.30. The molecule has 2 aromatic carbocycles. The molecule has 0 saturated carbocycles. The Morgan fingerprint density at radius 3 is 2.19 bits per heavy atom. The molecule has 0 bridgehead atoms. The average molecular weight is 659 g/mol. The number of benzene rings is 2. The zero-order chi connectivity index (χ0) is 35.0. The number of carbonyl (C=O) groups is 4. The van der Waals surface area contributed by atoms with Gasteiger partial charge < -0.3 is 28.7 Å². The highest BCUT2D eigenvalue weighted by atomic mass is 16.6. The molecule has 1 saturated heterocycles. The summed E-state index contributed by atoms with van der Waals surface area (Å²) in [4.78, 5) is 58.6. The van der Waals surface area contributed by atoms with E-state index < -0.39 is 17.7 Å². The number of piperazine rings is 1. The molecule has 48 heavy (non-hydrogen) atoms. The molecule has 10 nitrogen and oxygen atoms in total. The molecule has 3 amide bonds. The second-order valence-corrected chi connectivity index (χ2v) is 13.5. The predicted octanol–water partition coefficient (Wildman–Crippen LogP) is 6.48. The fraction of sp³-hybridized carbons (Fsp3) is 0.474. The van der Waals surface area contributed by atoms with Crippen LogP contribution in [0.4, 0.5) is 4.79 Å². The molecule has 0 N–H and O–H groups in total. The molecule has 0 aliphatic carbocycles. The Morgan fingerprint density at radius 2 is 1.58 bits per heavy atom. The molecule has 258 valence electrons.